The first-order valence-corrected chi connectivity index (χ1v) is 21.8. The molecule has 0 bridgehead atoms. The van der Waals surface area contributed by atoms with Crippen molar-refractivity contribution in [3.63, 3.8) is 0 Å². The zero-order valence-electron chi connectivity index (χ0n) is 35.5. The van der Waals surface area contributed by atoms with Gasteiger partial charge in [-0.3, -0.25) is 0 Å². The minimum Gasteiger partial charge on any atom is -0.456 e. The summed E-state index contributed by atoms with van der Waals surface area (Å²) in [7, 11) is 0. The van der Waals surface area contributed by atoms with Crippen LogP contribution < -0.4 is 0 Å². The third kappa shape index (κ3) is 6.34. The molecule has 0 unspecified atom stereocenters. The van der Waals surface area contributed by atoms with E-state index in [1.54, 1.807) is 0 Å². The number of nitrogens with zero attached hydrogens (tertiary/aromatic N) is 3. The van der Waals surface area contributed by atoms with Gasteiger partial charge in [-0.2, -0.15) is 0 Å². The third-order valence-electron chi connectivity index (χ3n) is 12.9. The lowest BCUT2D eigenvalue weighted by Gasteiger charge is -2.22. The molecule has 9 aromatic carbocycles. The molecule has 0 saturated heterocycles. The summed E-state index contributed by atoms with van der Waals surface area (Å²) >= 11 is 0. The van der Waals surface area contributed by atoms with Gasteiger partial charge in [0, 0.05) is 32.9 Å². The van der Waals surface area contributed by atoms with Crippen LogP contribution >= 0.6 is 0 Å². The second kappa shape index (κ2) is 15.0. The first-order chi connectivity index (χ1) is 31.5. The van der Waals surface area contributed by atoms with Crippen molar-refractivity contribution < 1.29 is 4.42 Å². The van der Waals surface area contributed by atoms with E-state index < -0.39 is 0 Å². The van der Waals surface area contributed by atoms with Gasteiger partial charge in [0.1, 0.15) is 11.2 Å². The molecule has 0 N–H and O–H groups in total. The molecule has 2 aromatic heterocycles. The maximum Gasteiger partial charge on any atom is 0.164 e. The number of rotatable bonds is 7. The Bertz CT molecular complexity index is 3570. The van der Waals surface area contributed by atoms with Crippen LogP contribution in [0.1, 0.15) is 25.0 Å². The number of aromatic nitrogens is 3. The van der Waals surface area contributed by atoms with Crippen LogP contribution in [0.5, 0.6) is 0 Å². The van der Waals surface area contributed by atoms with Crippen molar-refractivity contribution in [3.8, 4) is 89.8 Å². The molecule has 0 radical (unpaired) electrons. The summed E-state index contributed by atoms with van der Waals surface area (Å²) in [5.41, 5.74) is 18.7. The Morgan fingerprint density at radius 2 is 0.812 bits per heavy atom. The first-order valence-electron chi connectivity index (χ1n) is 21.8. The maximum absolute atomic E-state index is 6.32. The normalized spacial score (nSPS) is 12.7. The van der Waals surface area contributed by atoms with Gasteiger partial charge in [0.25, 0.3) is 0 Å². The van der Waals surface area contributed by atoms with E-state index in [-0.39, 0.29) is 5.41 Å². The molecule has 4 heteroatoms. The summed E-state index contributed by atoms with van der Waals surface area (Å²) in [5, 5.41) is 2.14. The molecule has 1 aliphatic carbocycles. The third-order valence-corrected chi connectivity index (χ3v) is 12.9. The maximum atomic E-state index is 6.32. The van der Waals surface area contributed by atoms with Crippen molar-refractivity contribution >= 4 is 21.9 Å². The minimum absolute atomic E-state index is 0.0837. The molecule has 2 heterocycles. The van der Waals surface area contributed by atoms with E-state index in [1.807, 2.05) is 54.6 Å². The van der Waals surface area contributed by atoms with Gasteiger partial charge in [-0.15, -0.1) is 0 Å². The Morgan fingerprint density at radius 3 is 1.55 bits per heavy atom. The van der Waals surface area contributed by atoms with Crippen molar-refractivity contribution in [3.05, 3.63) is 223 Å². The molecule has 0 aliphatic heterocycles. The fraction of sp³-hybridized carbons (Fsp3) is 0.0500. The second-order valence-corrected chi connectivity index (χ2v) is 17.2. The van der Waals surface area contributed by atoms with Crippen LogP contribution in [-0.4, -0.2) is 15.0 Å². The van der Waals surface area contributed by atoms with Gasteiger partial charge in [0.2, 0.25) is 0 Å². The topological polar surface area (TPSA) is 51.8 Å². The highest BCUT2D eigenvalue weighted by molar-refractivity contribution is 6.06. The number of benzene rings is 9. The standard InChI is InChI=1S/C60H41N3O/c1-60(2)52-27-14-12-25-46(52)51-34-42(30-32-53(51)60)50-36-45(38-17-6-3-7-18-38)35-49(56(50)39-19-8-4-9-20-39)41-23-16-24-43(33-41)58-61-57(40-21-10-5-11-22-40)62-59(63-58)44-29-31-48-47-26-13-15-28-54(47)64-55(48)37-44/h3-37H,1-2H3. The molecule has 0 saturated carbocycles. The van der Waals surface area contributed by atoms with Gasteiger partial charge in [-0.25, -0.2) is 15.0 Å². The summed E-state index contributed by atoms with van der Waals surface area (Å²) in [6, 6.07) is 75.3. The van der Waals surface area contributed by atoms with Crippen molar-refractivity contribution in [2.75, 3.05) is 0 Å². The molecule has 4 nitrogen and oxygen atoms in total. The number of furan rings is 1. The van der Waals surface area contributed by atoms with Crippen LogP contribution in [0.4, 0.5) is 0 Å². The molecular formula is C60H41N3O. The summed E-state index contributed by atoms with van der Waals surface area (Å²) in [6.07, 6.45) is 0. The van der Waals surface area contributed by atoms with Crippen LogP contribution in [0, 0.1) is 0 Å². The molecule has 1 aliphatic rings. The Labute approximate surface area is 372 Å². The highest BCUT2D eigenvalue weighted by Gasteiger charge is 2.35. The fourth-order valence-corrected chi connectivity index (χ4v) is 9.74. The Hall–Kier alpha value is -8.21. The van der Waals surface area contributed by atoms with Crippen LogP contribution in [0.2, 0.25) is 0 Å². The van der Waals surface area contributed by atoms with Crippen LogP contribution in [0.3, 0.4) is 0 Å². The largest absolute Gasteiger partial charge is 0.456 e. The molecule has 302 valence electrons. The monoisotopic (exact) mass is 819 g/mol. The average molecular weight is 820 g/mol. The predicted molar refractivity (Wildman–Crippen MR) is 263 cm³/mol. The molecule has 12 rings (SSSR count). The van der Waals surface area contributed by atoms with Gasteiger partial charge in [-0.1, -0.05) is 184 Å². The molecule has 0 amide bonds. The number of para-hydroxylation sites is 1. The molecule has 11 aromatic rings. The Kier molecular flexibility index (Phi) is 8.80. The summed E-state index contributed by atoms with van der Waals surface area (Å²) in [6.45, 7) is 4.68. The van der Waals surface area contributed by atoms with E-state index in [2.05, 4.69) is 172 Å². The highest BCUT2D eigenvalue weighted by atomic mass is 16.3. The SMILES string of the molecule is CC1(C)c2ccccc2-c2cc(-c3cc(-c4ccccc4)cc(-c4cccc(-c5nc(-c6ccccc6)nc(-c6ccc7c(c6)oc6ccccc67)n5)c4)c3-c3ccccc3)ccc21. The average Bonchev–Trinajstić information content (AvgIpc) is 3.85. The summed E-state index contributed by atoms with van der Waals surface area (Å²) in [4.78, 5) is 15.4. The lowest BCUT2D eigenvalue weighted by molar-refractivity contribution is 0.660. The molecule has 0 fully saturated rings. The summed E-state index contributed by atoms with van der Waals surface area (Å²) < 4.78 is 6.32. The number of hydrogen-bond donors (Lipinski definition) is 0. The van der Waals surface area contributed by atoms with Gasteiger partial charge >= 0.3 is 0 Å². The van der Waals surface area contributed by atoms with E-state index in [4.69, 9.17) is 19.4 Å². The molecular weight excluding hydrogens is 779 g/mol. The second-order valence-electron chi connectivity index (χ2n) is 17.2. The fourth-order valence-electron chi connectivity index (χ4n) is 9.74. The van der Waals surface area contributed by atoms with E-state index in [0.717, 1.165) is 66.4 Å². The smallest absolute Gasteiger partial charge is 0.164 e. The molecule has 64 heavy (non-hydrogen) atoms. The summed E-state index contributed by atoms with van der Waals surface area (Å²) in [5.74, 6) is 1.78. The first kappa shape index (κ1) is 37.5. The lowest BCUT2D eigenvalue weighted by atomic mass is 9.81. The molecule has 0 spiro atoms. The quantitative estimate of drug-likeness (QED) is 0.161. The molecule has 0 atom stereocenters. The Balaban J connectivity index is 1.06. The zero-order valence-corrected chi connectivity index (χ0v) is 35.5. The lowest BCUT2D eigenvalue weighted by Crippen LogP contribution is -2.14. The number of hydrogen-bond acceptors (Lipinski definition) is 4. The van der Waals surface area contributed by atoms with Gasteiger partial charge < -0.3 is 4.42 Å². The van der Waals surface area contributed by atoms with E-state index in [0.29, 0.717) is 17.5 Å². The van der Waals surface area contributed by atoms with E-state index in [1.165, 1.54) is 38.9 Å². The van der Waals surface area contributed by atoms with Gasteiger partial charge in [0.15, 0.2) is 17.5 Å². The number of fused-ring (bicyclic) bond motifs is 6. The predicted octanol–water partition coefficient (Wildman–Crippen LogP) is 15.7. The highest BCUT2D eigenvalue weighted by Crippen LogP contribution is 2.51. The van der Waals surface area contributed by atoms with Crippen LogP contribution in [0.15, 0.2) is 217 Å². The van der Waals surface area contributed by atoms with E-state index >= 15 is 0 Å². The van der Waals surface area contributed by atoms with Crippen molar-refractivity contribution in [1.29, 1.82) is 0 Å². The van der Waals surface area contributed by atoms with Crippen LogP contribution in [-0.2, 0) is 5.41 Å². The van der Waals surface area contributed by atoms with E-state index in [9.17, 15) is 0 Å². The minimum atomic E-state index is -0.0837. The van der Waals surface area contributed by atoms with Gasteiger partial charge in [0.05, 0.1) is 0 Å². The van der Waals surface area contributed by atoms with Crippen molar-refractivity contribution in [1.82, 2.24) is 15.0 Å². The Morgan fingerprint density at radius 1 is 0.312 bits per heavy atom. The van der Waals surface area contributed by atoms with Crippen LogP contribution in [0.25, 0.3) is 112 Å². The zero-order chi connectivity index (χ0) is 42.8. The van der Waals surface area contributed by atoms with Crippen molar-refractivity contribution in [2.24, 2.45) is 0 Å². The van der Waals surface area contributed by atoms with Gasteiger partial charge in [-0.05, 0) is 109 Å². The van der Waals surface area contributed by atoms with Crippen molar-refractivity contribution in [2.45, 2.75) is 19.3 Å².